The first kappa shape index (κ1) is 14.3. The van der Waals surface area contributed by atoms with Gasteiger partial charge < -0.3 is 21.5 Å². The van der Waals surface area contributed by atoms with E-state index < -0.39 is 17.8 Å². The van der Waals surface area contributed by atoms with Crippen molar-refractivity contribution in [3.63, 3.8) is 0 Å². The largest absolute Gasteiger partial charge is 0.478 e. The number of rotatable bonds is 3. The van der Waals surface area contributed by atoms with Gasteiger partial charge in [-0.15, -0.1) is 0 Å². The molecule has 6 nitrogen and oxygen atoms in total. The number of aromatic carboxylic acids is 1. The second-order valence-corrected chi connectivity index (χ2v) is 4.20. The molecule has 0 aliphatic carbocycles. The fourth-order valence-corrected chi connectivity index (χ4v) is 1.67. The first-order chi connectivity index (χ1) is 9.95. The number of carbonyl (C=O) groups excluding carboxylic acids is 1. The molecule has 0 aliphatic rings. The second-order valence-electron chi connectivity index (χ2n) is 4.20. The topological polar surface area (TPSA) is 104 Å². The summed E-state index contributed by atoms with van der Waals surface area (Å²) in [7, 11) is 0. The Hall–Kier alpha value is -3.09. The number of urea groups is 1. The molecule has 0 aromatic heterocycles. The zero-order chi connectivity index (χ0) is 15.4. The van der Waals surface area contributed by atoms with Crippen molar-refractivity contribution in [1.29, 1.82) is 0 Å². The smallest absolute Gasteiger partial charge is 0.337 e. The highest BCUT2D eigenvalue weighted by Gasteiger charge is 2.12. The minimum absolute atomic E-state index is 0.0714. The van der Waals surface area contributed by atoms with Gasteiger partial charge in [-0.05, 0) is 42.5 Å². The zero-order valence-electron chi connectivity index (χ0n) is 10.8. The lowest BCUT2D eigenvalue weighted by Crippen LogP contribution is -2.21. The van der Waals surface area contributed by atoms with E-state index in [2.05, 4.69) is 10.6 Å². The minimum atomic E-state index is -1.19. The highest BCUT2D eigenvalue weighted by molar-refractivity contribution is 6.05. The third-order valence-corrected chi connectivity index (χ3v) is 2.62. The third-order valence-electron chi connectivity index (χ3n) is 2.62. The lowest BCUT2D eigenvalue weighted by molar-refractivity contribution is 0.0698. The molecule has 5 N–H and O–H groups in total. The van der Waals surface area contributed by atoms with Crippen LogP contribution in [0.25, 0.3) is 0 Å². The molecule has 21 heavy (non-hydrogen) atoms. The molecule has 0 atom stereocenters. The van der Waals surface area contributed by atoms with E-state index in [-0.39, 0.29) is 11.3 Å². The second kappa shape index (κ2) is 5.91. The molecular formula is C14H12FN3O3. The van der Waals surface area contributed by atoms with Crippen molar-refractivity contribution >= 4 is 29.1 Å². The Bertz CT molecular complexity index is 686. The van der Waals surface area contributed by atoms with Gasteiger partial charge in [-0.3, -0.25) is 0 Å². The minimum Gasteiger partial charge on any atom is -0.478 e. The molecule has 0 heterocycles. The summed E-state index contributed by atoms with van der Waals surface area (Å²) >= 11 is 0. The van der Waals surface area contributed by atoms with Gasteiger partial charge in [0.2, 0.25) is 0 Å². The van der Waals surface area contributed by atoms with Gasteiger partial charge in [-0.2, -0.15) is 0 Å². The number of carboxylic acid groups (broad SMARTS) is 1. The maximum absolute atomic E-state index is 12.7. The summed E-state index contributed by atoms with van der Waals surface area (Å²) in [6.07, 6.45) is 0. The molecule has 2 rings (SSSR count). The van der Waals surface area contributed by atoms with Crippen LogP contribution in [-0.4, -0.2) is 17.1 Å². The number of halogens is 1. The van der Waals surface area contributed by atoms with E-state index in [4.69, 9.17) is 10.8 Å². The molecule has 0 aliphatic heterocycles. The number of carboxylic acids is 1. The molecule has 0 bridgehead atoms. The van der Waals surface area contributed by atoms with E-state index in [1.165, 1.54) is 42.5 Å². The van der Waals surface area contributed by atoms with E-state index >= 15 is 0 Å². The number of hydrogen-bond donors (Lipinski definition) is 4. The zero-order valence-corrected chi connectivity index (χ0v) is 10.8. The highest BCUT2D eigenvalue weighted by atomic mass is 19.1. The normalized spacial score (nSPS) is 9.95. The molecule has 0 fully saturated rings. The third kappa shape index (κ3) is 3.69. The summed E-state index contributed by atoms with van der Waals surface area (Å²) in [6.45, 7) is 0. The van der Waals surface area contributed by atoms with Crippen molar-refractivity contribution in [1.82, 2.24) is 0 Å². The number of nitrogens with two attached hydrogens (primary N) is 1. The molecule has 0 spiro atoms. The van der Waals surface area contributed by atoms with E-state index in [9.17, 15) is 14.0 Å². The number of benzene rings is 2. The Morgan fingerprint density at radius 3 is 2.33 bits per heavy atom. The van der Waals surface area contributed by atoms with Crippen molar-refractivity contribution < 1.29 is 19.1 Å². The van der Waals surface area contributed by atoms with Gasteiger partial charge in [0.25, 0.3) is 0 Å². The van der Waals surface area contributed by atoms with Gasteiger partial charge in [-0.25, -0.2) is 14.0 Å². The Morgan fingerprint density at radius 1 is 1.05 bits per heavy atom. The maximum Gasteiger partial charge on any atom is 0.337 e. The van der Waals surface area contributed by atoms with Gasteiger partial charge in [0.05, 0.1) is 11.3 Å². The van der Waals surface area contributed by atoms with Crippen molar-refractivity contribution in [3.8, 4) is 0 Å². The van der Waals surface area contributed by atoms with Gasteiger partial charge in [0, 0.05) is 11.4 Å². The summed E-state index contributed by atoms with van der Waals surface area (Å²) in [5.74, 6) is -1.61. The van der Waals surface area contributed by atoms with Crippen molar-refractivity contribution in [2.24, 2.45) is 0 Å². The van der Waals surface area contributed by atoms with Crippen molar-refractivity contribution in [2.75, 3.05) is 16.4 Å². The molecule has 2 aromatic carbocycles. The van der Waals surface area contributed by atoms with E-state index in [1.807, 2.05) is 0 Å². The summed E-state index contributed by atoms with van der Waals surface area (Å²) in [6, 6.07) is 8.55. The standard InChI is InChI=1S/C14H12FN3O3/c15-8-1-4-10(5-2-8)17-14(21)18-12-7-9(16)3-6-11(12)13(19)20/h1-7H,16H2,(H,19,20)(H2,17,18,21). The van der Waals surface area contributed by atoms with Crippen LogP contribution in [0.3, 0.4) is 0 Å². The molecule has 0 saturated heterocycles. The average molecular weight is 289 g/mol. The number of nitrogens with one attached hydrogen (secondary N) is 2. The van der Waals surface area contributed by atoms with Crippen LogP contribution in [-0.2, 0) is 0 Å². The molecule has 2 aromatic rings. The quantitative estimate of drug-likeness (QED) is 0.652. The number of anilines is 3. The number of carbonyl (C=O) groups is 2. The van der Waals surface area contributed by atoms with Crippen LogP contribution >= 0.6 is 0 Å². The van der Waals surface area contributed by atoms with E-state index in [0.29, 0.717) is 11.4 Å². The average Bonchev–Trinajstić information content (AvgIpc) is 2.41. The Labute approximate surface area is 119 Å². The van der Waals surface area contributed by atoms with Crippen LogP contribution < -0.4 is 16.4 Å². The molecule has 0 unspecified atom stereocenters. The molecule has 7 heteroatoms. The predicted molar refractivity (Wildman–Crippen MR) is 76.9 cm³/mol. The van der Waals surface area contributed by atoms with Gasteiger partial charge in [0.15, 0.2) is 0 Å². The Balaban J connectivity index is 2.14. The van der Waals surface area contributed by atoms with Crippen LogP contribution in [0, 0.1) is 5.82 Å². The first-order valence-corrected chi connectivity index (χ1v) is 5.92. The number of amides is 2. The summed E-state index contributed by atoms with van der Waals surface area (Å²) in [5, 5.41) is 13.9. The number of nitrogen functional groups attached to an aromatic ring is 1. The van der Waals surface area contributed by atoms with Crippen LogP contribution in [0.1, 0.15) is 10.4 Å². The summed E-state index contributed by atoms with van der Waals surface area (Å²) in [4.78, 5) is 22.9. The Kier molecular flexibility index (Phi) is 4.03. The van der Waals surface area contributed by atoms with Crippen molar-refractivity contribution in [2.45, 2.75) is 0 Å². The van der Waals surface area contributed by atoms with E-state index in [1.54, 1.807) is 0 Å². The van der Waals surface area contributed by atoms with Crippen LogP contribution in [0.4, 0.5) is 26.2 Å². The predicted octanol–water partition coefficient (Wildman–Crippen LogP) is 2.75. The van der Waals surface area contributed by atoms with Gasteiger partial charge in [-0.1, -0.05) is 0 Å². The molecular weight excluding hydrogens is 277 g/mol. The summed E-state index contributed by atoms with van der Waals surface area (Å²) in [5.41, 5.74) is 6.24. The van der Waals surface area contributed by atoms with Crippen LogP contribution in [0.15, 0.2) is 42.5 Å². The highest BCUT2D eigenvalue weighted by Crippen LogP contribution is 2.19. The van der Waals surface area contributed by atoms with Crippen molar-refractivity contribution in [3.05, 3.63) is 53.8 Å². The number of hydrogen-bond acceptors (Lipinski definition) is 3. The first-order valence-electron chi connectivity index (χ1n) is 5.92. The van der Waals surface area contributed by atoms with Gasteiger partial charge >= 0.3 is 12.0 Å². The molecule has 0 saturated carbocycles. The fraction of sp³-hybridized carbons (Fsp3) is 0. The van der Waals surface area contributed by atoms with Gasteiger partial charge in [0.1, 0.15) is 5.82 Å². The fourth-order valence-electron chi connectivity index (χ4n) is 1.67. The SMILES string of the molecule is Nc1ccc(C(=O)O)c(NC(=O)Nc2ccc(F)cc2)c1. The lowest BCUT2D eigenvalue weighted by Gasteiger charge is -2.10. The maximum atomic E-state index is 12.7. The lowest BCUT2D eigenvalue weighted by atomic mass is 10.1. The molecule has 2 amide bonds. The monoisotopic (exact) mass is 289 g/mol. The Morgan fingerprint density at radius 2 is 1.71 bits per heavy atom. The molecule has 108 valence electrons. The van der Waals surface area contributed by atoms with E-state index in [0.717, 1.165) is 0 Å². The molecule has 0 radical (unpaired) electrons. The summed E-state index contributed by atoms with van der Waals surface area (Å²) < 4.78 is 12.7. The van der Waals surface area contributed by atoms with Crippen LogP contribution in [0.5, 0.6) is 0 Å². The van der Waals surface area contributed by atoms with Crippen LogP contribution in [0.2, 0.25) is 0 Å².